The van der Waals surface area contributed by atoms with Crippen molar-refractivity contribution in [2.24, 2.45) is 0 Å². The summed E-state index contributed by atoms with van der Waals surface area (Å²) in [5, 5.41) is 8.40. The van der Waals surface area contributed by atoms with E-state index in [2.05, 4.69) is 0 Å². The van der Waals surface area contributed by atoms with Crippen LogP contribution in [-0.2, 0) is 6.42 Å². The quantitative estimate of drug-likeness (QED) is 0.744. The van der Waals surface area contributed by atoms with Crippen molar-refractivity contribution in [3.05, 3.63) is 29.8 Å². The maximum atomic E-state index is 11.9. The van der Waals surface area contributed by atoms with Gasteiger partial charge >= 0.3 is 6.18 Å². The number of rotatable bonds is 3. The third kappa shape index (κ3) is 4.75. The SMILES string of the molecule is N#CCc1ccc(SCC(F)(F)F)cc1. The highest BCUT2D eigenvalue weighted by atomic mass is 32.2. The zero-order chi connectivity index (χ0) is 11.3. The maximum absolute atomic E-state index is 11.9. The van der Waals surface area contributed by atoms with Crippen molar-refractivity contribution in [1.29, 1.82) is 5.26 Å². The summed E-state index contributed by atoms with van der Waals surface area (Å²) in [6.45, 7) is 0. The van der Waals surface area contributed by atoms with Crippen LogP contribution in [0.25, 0.3) is 0 Å². The lowest BCUT2D eigenvalue weighted by Crippen LogP contribution is -2.10. The van der Waals surface area contributed by atoms with Crippen molar-refractivity contribution in [3.8, 4) is 6.07 Å². The van der Waals surface area contributed by atoms with E-state index in [1.54, 1.807) is 24.3 Å². The monoisotopic (exact) mass is 231 g/mol. The zero-order valence-electron chi connectivity index (χ0n) is 7.71. The Labute approximate surface area is 89.9 Å². The smallest absolute Gasteiger partial charge is 0.198 e. The molecule has 5 heteroatoms. The Morgan fingerprint density at radius 3 is 2.27 bits per heavy atom. The number of hydrogen-bond acceptors (Lipinski definition) is 2. The van der Waals surface area contributed by atoms with Gasteiger partial charge in [-0.25, -0.2) is 0 Å². The van der Waals surface area contributed by atoms with Gasteiger partial charge in [-0.3, -0.25) is 0 Å². The van der Waals surface area contributed by atoms with Gasteiger partial charge in [0.2, 0.25) is 0 Å². The van der Waals surface area contributed by atoms with Gasteiger partial charge in [0, 0.05) is 4.90 Å². The largest absolute Gasteiger partial charge is 0.398 e. The normalized spacial score (nSPS) is 11.1. The van der Waals surface area contributed by atoms with Crippen LogP contribution in [0, 0.1) is 11.3 Å². The fraction of sp³-hybridized carbons (Fsp3) is 0.300. The van der Waals surface area contributed by atoms with E-state index in [-0.39, 0.29) is 6.42 Å². The van der Waals surface area contributed by atoms with E-state index in [1.165, 1.54) is 0 Å². The molecule has 0 spiro atoms. The summed E-state index contributed by atoms with van der Waals surface area (Å²) >= 11 is 0.746. The summed E-state index contributed by atoms with van der Waals surface area (Å²) in [4.78, 5) is 0.564. The molecule has 0 saturated heterocycles. The van der Waals surface area contributed by atoms with Gasteiger partial charge in [-0.15, -0.1) is 11.8 Å². The minimum Gasteiger partial charge on any atom is -0.198 e. The lowest BCUT2D eigenvalue weighted by molar-refractivity contribution is -0.105. The fourth-order valence-corrected chi connectivity index (χ4v) is 1.62. The number of benzene rings is 1. The van der Waals surface area contributed by atoms with Gasteiger partial charge in [-0.2, -0.15) is 18.4 Å². The molecule has 0 amide bonds. The van der Waals surface area contributed by atoms with Crippen molar-refractivity contribution in [3.63, 3.8) is 0 Å². The molecule has 0 radical (unpaired) electrons. The molecule has 1 aromatic carbocycles. The van der Waals surface area contributed by atoms with Gasteiger partial charge in [0.15, 0.2) is 0 Å². The zero-order valence-corrected chi connectivity index (χ0v) is 8.53. The molecule has 1 nitrogen and oxygen atoms in total. The molecule has 0 unspecified atom stereocenters. The molecule has 1 rings (SSSR count). The first kappa shape index (κ1) is 11.9. The number of hydrogen-bond donors (Lipinski definition) is 0. The van der Waals surface area contributed by atoms with E-state index in [1.807, 2.05) is 6.07 Å². The van der Waals surface area contributed by atoms with Crippen LogP contribution in [0.1, 0.15) is 5.56 Å². The summed E-state index contributed by atoms with van der Waals surface area (Å²) in [5.41, 5.74) is 0.814. The van der Waals surface area contributed by atoms with Gasteiger partial charge in [0.1, 0.15) is 0 Å². The molecule has 15 heavy (non-hydrogen) atoms. The van der Waals surface area contributed by atoms with Crippen LogP contribution in [0.4, 0.5) is 13.2 Å². The van der Waals surface area contributed by atoms with Crippen LogP contribution < -0.4 is 0 Å². The Balaban J connectivity index is 2.54. The van der Waals surface area contributed by atoms with E-state index in [9.17, 15) is 13.2 Å². The molecule has 0 bridgehead atoms. The summed E-state index contributed by atoms with van der Waals surface area (Å²) in [7, 11) is 0. The molecular weight excluding hydrogens is 223 g/mol. The molecule has 0 fully saturated rings. The molecule has 0 saturated carbocycles. The molecule has 0 aromatic heterocycles. The Kier molecular flexibility index (Phi) is 4.04. The second-order valence-electron chi connectivity index (χ2n) is 2.88. The van der Waals surface area contributed by atoms with Gasteiger partial charge in [-0.1, -0.05) is 12.1 Å². The van der Waals surface area contributed by atoms with Gasteiger partial charge in [0.25, 0.3) is 0 Å². The first-order chi connectivity index (χ1) is 7.01. The summed E-state index contributed by atoms with van der Waals surface area (Å²) < 4.78 is 35.6. The Hall–Kier alpha value is -1.15. The topological polar surface area (TPSA) is 23.8 Å². The van der Waals surface area contributed by atoms with Crippen LogP contribution in [0.3, 0.4) is 0 Å². The molecule has 0 atom stereocenters. The van der Waals surface area contributed by atoms with Crippen molar-refractivity contribution >= 4 is 11.8 Å². The molecule has 0 aliphatic rings. The molecule has 0 N–H and O–H groups in total. The molecule has 80 valence electrons. The predicted octanol–water partition coefficient (Wildman–Crippen LogP) is 3.41. The van der Waals surface area contributed by atoms with Crippen LogP contribution >= 0.6 is 11.8 Å². The average molecular weight is 231 g/mol. The minimum absolute atomic E-state index is 0.282. The number of nitrogens with zero attached hydrogens (tertiary/aromatic N) is 1. The molecule has 0 heterocycles. The lowest BCUT2D eigenvalue weighted by Gasteiger charge is -2.05. The second kappa shape index (κ2) is 5.08. The average Bonchev–Trinajstić information content (AvgIpc) is 2.16. The van der Waals surface area contributed by atoms with E-state index in [0.717, 1.165) is 17.3 Å². The highest BCUT2D eigenvalue weighted by Gasteiger charge is 2.27. The van der Waals surface area contributed by atoms with Crippen molar-refractivity contribution < 1.29 is 13.2 Å². The van der Waals surface area contributed by atoms with E-state index in [4.69, 9.17) is 5.26 Å². The Morgan fingerprint density at radius 1 is 1.20 bits per heavy atom. The summed E-state index contributed by atoms with van der Waals surface area (Å²) in [6.07, 6.45) is -3.86. The first-order valence-electron chi connectivity index (χ1n) is 4.17. The Bertz CT molecular complexity index is 350. The third-order valence-electron chi connectivity index (χ3n) is 1.61. The van der Waals surface area contributed by atoms with Crippen LogP contribution in [0.15, 0.2) is 29.2 Å². The van der Waals surface area contributed by atoms with Crippen LogP contribution in [-0.4, -0.2) is 11.9 Å². The lowest BCUT2D eigenvalue weighted by atomic mass is 10.2. The van der Waals surface area contributed by atoms with Gasteiger partial charge < -0.3 is 0 Å². The molecule has 0 aliphatic carbocycles. The van der Waals surface area contributed by atoms with Crippen molar-refractivity contribution in [1.82, 2.24) is 0 Å². The number of alkyl halides is 3. The Morgan fingerprint density at radius 2 is 1.80 bits per heavy atom. The number of halogens is 3. The fourth-order valence-electron chi connectivity index (χ4n) is 0.960. The predicted molar refractivity (Wildman–Crippen MR) is 52.5 cm³/mol. The summed E-state index contributed by atoms with van der Waals surface area (Å²) in [6, 6.07) is 8.51. The van der Waals surface area contributed by atoms with Crippen molar-refractivity contribution in [2.75, 3.05) is 5.75 Å². The summed E-state index contributed by atoms with van der Waals surface area (Å²) in [5.74, 6) is -0.884. The second-order valence-corrected chi connectivity index (χ2v) is 3.93. The van der Waals surface area contributed by atoms with Gasteiger partial charge in [0.05, 0.1) is 18.2 Å². The van der Waals surface area contributed by atoms with E-state index < -0.39 is 11.9 Å². The molecular formula is C10H8F3NS. The number of thioether (sulfide) groups is 1. The molecule has 0 aliphatic heterocycles. The van der Waals surface area contributed by atoms with Crippen LogP contribution in [0.2, 0.25) is 0 Å². The standard InChI is InChI=1S/C10H8F3NS/c11-10(12,13)7-15-9-3-1-8(2-4-9)5-6-14/h1-4H,5,7H2. The van der Waals surface area contributed by atoms with E-state index >= 15 is 0 Å². The van der Waals surface area contributed by atoms with Crippen LogP contribution in [0.5, 0.6) is 0 Å². The van der Waals surface area contributed by atoms with Crippen molar-refractivity contribution in [2.45, 2.75) is 17.5 Å². The molecule has 1 aromatic rings. The minimum atomic E-state index is -4.14. The highest BCUT2D eigenvalue weighted by molar-refractivity contribution is 7.99. The first-order valence-corrected chi connectivity index (χ1v) is 5.15. The maximum Gasteiger partial charge on any atom is 0.398 e. The highest BCUT2D eigenvalue weighted by Crippen LogP contribution is 2.27. The van der Waals surface area contributed by atoms with Gasteiger partial charge in [-0.05, 0) is 17.7 Å². The number of nitriles is 1. The van der Waals surface area contributed by atoms with E-state index in [0.29, 0.717) is 4.90 Å². The third-order valence-corrected chi connectivity index (χ3v) is 2.69.